The second-order valence-electron chi connectivity index (χ2n) is 7.16. The molecule has 0 saturated carbocycles. The number of carboxylic acid groups (broad SMARTS) is 1. The van der Waals surface area contributed by atoms with Crippen molar-refractivity contribution in [2.24, 2.45) is 0 Å². The zero-order valence-electron chi connectivity index (χ0n) is 18.0. The van der Waals surface area contributed by atoms with Gasteiger partial charge >= 0.3 is 5.97 Å². The lowest BCUT2D eigenvalue weighted by Crippen LogP contribution is -2.32. The van der Waals surface area contributed by atoms with Gasteiger partial charge in [-0.15, -0.1) is 0 Å². The number of carbonyl (C=O) groups excluding carboxylic acids is 1. The van der Waals surface area contributed by atoms with Gasteiger partial charge < -0.3 is 15.7 Å². The molecule has 0 aliphatic carbocycles. The molecule has 2 aromatic heterocycles. The van der Waals surface area contributed by atoms with Gasteiger partial charge in [0.1, 0.15) is 23.2 Å². The lowest BCUT2D eigenvalue weighted by Gasteiger charge is -2.16. The summed E-state index contributed by atoms with van der Waals surface area (Å²) in [4.78, 5) is 36.2. The molecule has 2 heterocycles. The first-order chi connectivity index (χ1) is 16.3. The molecule has 0 spiro atoms. The molecule has 2 atom stereocenters. The van der Waals surface area contributed by atoms with Gasteiger partial charge in [-0.05, 0) is 24.1 Å². The van der Waals surface area contributed by atoms with Crippen molar-refractivity contribution in [1.29, 1.82) is 0 Å². The number of halogens is 2. The van der Waals surface area contributed by atoms with Crippen molar-refractivity contribution < 1.29 is 18.9 Å². The lowest BCUT2D eigenvalue weighted by molar-refractivity contribution is -0.137. The Bertz CT molecular complexity index is 1190. The molecule has 0 bridgehead atoms. The third kappa shape index (κ3) is 6.72. The largest absolute Gasteiger partial charge is 0.480 e. The van der Waals surface area contributed by atoms with E-state index in [9.17, 15) is 18.9 Å². The van der Waals surface area contributed by atoms with E-state index in [0.29, 0.717) is 22.0 Å². The summed E-state index contributed by atoms with van der Waals surface area (Å²) in [5, 5.41) is 15.8. The lowest BCUT2D eigenvalue weighted by atomic mass is 10.1. The molecule has 3 aromatic rings. The minimum Gasteiger partial charge on any atom is -0.480 e. The number of hydrogen-bond acceptors (Lipinski definition) is 7. The molecular weight excluding hydrogens is 501 g/mol. The molecule has 0 aliphatic rings. The highest BCUT2D eigenvalue weighted by atomic mass is 35.5. The number of aromatic nitrogens is 3. The van der Waals surface area contributed by atoms with Crippen LogP contribution >= 0.6 is 23.2 Å². The summed E-state index contributed by atoms with van der Waals surface area (Å²) < 4.78 is 12.2. The number of carbonyl (C=O) groups is 2. The number of anilines is 2. The fraction of sp³-hybridized carbons (Fsp3) is 0.227. The average Bonchev–Trinajstić information content (AvgIpc) is 2.80. The van der Waals surface area contributed by atoms with Crippen LogP contribution in [0.5, 0.6) is 0 Å². The van der Waals surface area contributed by atoms with E-state index in [1.54, 1.807) is 24.3 Å². The molecule has 3 rings (SSSR count). The summed E-state index contributed by atoms with van der Waals surface area (Å²) in [6, 6.07) is 7.19. The minimum atomic E-state index is -1.27. The highest BCUT2D eigenvalue weighted by molar-refractivity contribution is 7.84. The summed E-state index contributed by atoms with van der Waals surface area (Å²) in [6.45, 7) is 1.92. The number of amides is 1. The fourth-order valence-electron chi connectivity index (χ4n) is 2.99. The van der Waals surface area contributed by atoms with Gasteiger partial charge in [0.25, 0.3) is 5.91 Å². The van der Waals surface area contributed by atoms with Crippen LogP contribution < -0.4 is 10.6 Å². The zero-order chi connectivity index (χ0) is 24.7. The molecule has 1 amide bonds. The van der Waals surface area contributed by atoms with Crippen molar-refractivity contribution in [3.63, 3.8) is 0 Å². The van der Waals surface area contributed by atoms with Crippen LogP contribution in [-0.4, -0.2) is 47.9 Å². The average molecular weight is 522 g/mol. The Morgan fingerprint density at radius 3 is 2.41 bits per heavy atom. The Morgan fingerprint density at radius 1 is 1.12 bits per heavy atom. The standard InChI is InChI=1S/C22H21Cl2N5O4S/c1-2-7-34(33)19-9-18(26-12-27-19)29-17(22(31)32)8-13-3-5-14(6-4-13)28-21(30)20-15(23)10-25-11-16(20)24/h3-6,9-12,17H,2,7-8H2,1H3,(H,28,30)(H,31,32)(H,26,27,29)/t17?,34-/m0/s1. The summed E-state index contributed by atoms with van der Waals surface area (Å²) in [6.07, 6.45) is 4.78. The van der Waals surface area contributed by atoms with Gasteiger partial charge in [0.05, 0.1) is 26.4 Å². The van der Waals surface area contributed by atoms with Gasteiger partial charge in [-0.25, -0.2) is 14.8 Å². The Labute approximate surface area is 208 Å². The number of rotatable bonds is 10. The van der Waals surface area contributed by atoms with E-state index < -0.39 is 28.7 Å². The van der Waals surface area contributed by atoms with Crippen LogP contribution in [0.3, 0.4) is 0 Å². The van der Waals surface area contributed by atoms with Crippen LogP contribution in [0.25, 0.3) is 0 Å². The predicted octanol–water partition coefficient (Wildman–Crippen LogP) is 4.06. The molecule has 1 unspecified atom stereocenters. The quantitative estimate of drug-likeness (QED) is 0.340. The van der Waals surface area contributed by atoms with Crippen molar-refractivity contribution in [2.75, 3.05) is 16.4 Å². The van der Waals surface area contributed by atoms with E-state index >= 15 is 0 Å². The van der Waals surface area contributed by atoms with Crippen LogP contribution in [0.4, 0.5) is 11.5 Å². The van der Waals surface area contributed by atoms with Crippen LogP contribution in [0.1, 0.15) is 29.3 Å². The van der Waals surface area contributed by atoms with Crippen molar-refractivity contribution in [1.82, 2.24) is 15.0 Å². The highest BCUT2D eigenvalue weighted by Gasteiger charge is 2.20. The summed E-state index contributed by atoms with van der Waals surface area (Å²) >= 11 is 12.0. The Kier molecular flexibility index (Phi) is 8.91. The van der Waals surface area contributed by atoms with Gasteiger partial charge in [-0.1, -0.05) is 42.3 Å². The number of hydrogen-bond donors (Lipinski definition) is 3. The molecule has 9 nitrogen and oxygen atoms in total. The maximum atomic E-state index is 12.5. The smallest absolute Gasteiger partial charge is 0.326 e. The number of nitrogens with one attached hydrogen (secondary N) is 2. The second kappa shape index (κ2) is 11.9. The summed E-state index contributed by atoms with van der Waals surface area (Å²) in [5.41, 5.74) is 1.31. The molecular formula is C22H21Cl2N5O4S. The molecule has 12 heteroatoms. The monoisotopic (exact) mass is 521 g/mol. The summed E-state index contributed by atoms with van der Waals surface area (Å²) in [7, 11) is -1.27. The number of nitrogens with zero attached hydrogens (tertiary/aromatic N) is 3. The number of pyridine rings is 1. The first kappa shape index (κ1) is 25.5. The van der Waals surface area contributed by atoms with E-state index in [0.717, 1.165) is 6.42 Å². The molecule has 0 saturated heterocycles. The topological polar surface area (TPSA) is 134 Å². The van der Waals surface area contributed by atoms with Crippen LogP contribution in [0.15, 0.2) is 54.1 Å². The fourth-order valence-corrected chi connectivity index (χ4v) is 4.52. The van der Waals surface area contributed by atoms with Crippen molar-refractivity contribution >= 4 is 57.4 Å². The maximum absolute atomic E-state index is 12.5. The number of aliphatic carboxylic acids is 1. The second-order valence-corrected chi connectivity index (χ2v) is 9.49. The predicted molar refractivity (Wildman–Crippen MR) is 131 cm³/mol. The number of carboxylic acids is 1. The molecule has 0 aliphatic heterocycles. The molecule has 0 fully saturated rings. The van der Waals surface area contributed by atoms with Gasteiger partial charge in [-0.3, -0.25) is 14.0 Å². The molecule has 0 radical (unpaired) electrons. The maximum Gasteiger partial charge on any atom is 0.326 e. The van der Waals surface area contributed by atoms with Crippen LogP contribution in [-0.2, 0) is 22.0 Å². The third-order valence-electron chi connectivity index (χ3n) is 4.62. The first-order valence-corrected chi connectivity index (χ1v) is 12.2. The van der Waals surface area contributed by atoms with E-state index in [1.807, 2.05) is 6.92 Å². The number of benzene rings is 1. The van der Waals surface area contributed by atoms with Gasteiger partial charge in [-0.2, -0.15) is 0 Å². The first-order valence-electron chi connectivity index (χ1n) is 10.2. The third-order valence-corrected chi connectivity index (χ3v) is 6.66. The molecule has 34 heavy (non-hydrogen) atoms. The van der Waals surface area contributed by atoms with Crippen molar-refractivity contribution in [3.05, 3.63) is 70.2 Å². The van der Waals surface area contributed by atoms with E-state index in [-0.39, 0.29) is 27.8 Å². The minimum absolute atomic E-state index is 0.113. The Hall–Kier alpha value is -3.08. The van der Waals surface area contributed by atoms with Crippen LogP contribution in [0.2, 0.25) is 10.0 Å². The van der Waals surface area contributed by atoms with E-state index in [4.69, 9.17) is 23.2 Å². The Balaban J connectivity index is 1.68. The van der Waals surface area contributed by atoms with Gasteiger partial charge in [0.15, 0.2) is 0 Å². The SMILES string of the molecule is CCC[S@](=O)c1cc(NC(Cc2ccc(NC(=O)c3c(Cl)cncc3Cl)cc2)C(=O)O)ncn1. The van der Waals surface area contributed by atoms with Crippen molar-refractivity contribution in [2.45, 2.75) is 30.8 Å². The molecule has 1 aromatic carbocycles. The van der Waals surface area contributed by atoms with Gasteiger partial charge in [0, 0.05) is 36.3 Å². The van der Waals surface area contributed by atoms with E-state index in [1.165, 1.54) is 24.8 Å². The molecule has 3 N–H and O–H groups in total. The van der Waals surface area contributed by atoms with Crippen molar-refractivity contribution in [3.8, 4) is 0 Å². The zero-order valence-corrected chi connectivity index (χ0v) is 20.3. The Morgan fingerprint density at radius 2 is 1.79 bits per heavy atom. The van der Waals surface area contributed by atoms with E-state index in [2.05, 4.69) is 25.6 Å². The highest BCUT2D eigenvalue weighted by Crippen LogP contribution is 2.24. The van der Waals surface area contributed by atoms with Gasteiger partial charge in [0.2, 0.25) is 0 Å². The molecule has 178 valence electrons. The van der Waals surface area contributed by atoms with Crippen LogP contribution in [0, 0.1) is 0 Å². The normalized spacial score (nSPS) is 12.6. The summed E-state index contributed by atoms with van der Waals surface area (Å²) in [5.74, 6) is -0.831.